The number of sulfone groups is 1. The van der Waals surface area contributed by atoms with E-state index in [1.54, 1.807) is 13.8 Å². The lowest BCUT2D eigenvalue weighted by Crippen LogP contribution is -2.50. The van der Waals surface area contributed by atoms with Crippen LogP contribution in [0.5, 0.6) is 0 Å². The number of halogens is 1. The minimum Gasteiger partial charge on any atom is -0.327 e. The van der Waals surface area contributed by atoms with Crippen LogP contribution in [-0.4, -0.2) is 42.3 Å². The zero-order chi connectivity index (χ0) is 10.2. The van der Waals surface area contributed by atoms with E-state index in [0.29, 0.717) is 0 Å². The minimum absolute atomic E-state index is 0.203. The predicted octanol–water partition coefficient (Wildman–Crippen LogP) is 0.853. The fourth-order valence-corrected chi connectivity index (χ4v) is 3.15. The molecule has 0 aromatic carbocycles. The van der Waals surface area contributed by atoms with Crippen molar-refractivity contribution in [3.05, 3.63) is 0 Å². The molecule has 0 N–H and O–H groups in total. The van der Waals surface area contributed by atoms with Gasteiger partial charge in [0.05, 0.1) is 10.5 Å². The van der Waals surface area contributed by atoms with E-state index in [1.807, 2.05) is 0 Å². The Balaban J connectivity index is 2.85. The van der Waals surface area contributed by atoms with Crippen molar-refractivity contribution in [3.63, 3.8) is 0 Å². The molecule has 0 aromatic heterocycles. The molecule has 1 saturated heterocycles. The highest BCUT2D eigenvalue weighted by Crippen LogP contribution is 2.19. The molecule has 6 heteroatoms. The Morgan fingerprint density at radius 3 is 2.00 bits per heavy atom. The van der Waals surface area contributed by atoms with Crippen LogP contribution in [0.15, 0.2) is 0 Å². The number of carbonyl (C=O) groups excluding carboxylic acids is 1. The Hall–Kier alpha value is -0.290. The molecular formula is C7H12ClNO3S. The van der Waals surface area contributed by atoms with E-state index in [9.17, 15) is 13.2 Å². The number of carbonyl (C=O) groups is 1. The van der Waals surface area contributed by atoms with Gasteiger partial charge in [0.1, 0.15) is 0 Å². The zero-order valence-electron chi connectivity index (χ0n) is 7.53. The summed E-state index contributed by atoms with van der Waals surface area (Å²) >= 11 is 5.27. The highest BCUT2D eigenvalue weighted by atomic mass is 35.5. The van der Waals surface area contributed by atoms with Crippen LogP contribution in [0.2, 0.25) is 0 Å². The molecule has 1 amide bonds. The number of amides is 1. The lowest BCUT2D eigenvalue weighted by atomic mass is 10.3. The maximum absolute atomic E-state index is 11.5. The van der Waals surface area contributed by atoms with Crippen LogP contribution in [0.3, 0.4) is 0 Å². The predicted molar refractivity (Wildman–Crippen MR) is 50.7 cm³/mol. The smallest absolute Gasteiger partial charge is 0.316 e. The van der Waals surface area contributed by atoms with E-state index < -0.39 is 25.7 Å². The molecule has 1 aliphatic heterocycles. The van der Waals surface area contributed by atoms with Gasteiger partial charge < -0.3 is 4.90 Å². The third-order valence-corrected chi connectivity index (χ3v) is 5.11. The van der Waals surface area contributed by atoms with Crippen LogP contribution in [0.25, 0.3) is 0 Å². The molecule has 4 nitrogen and oxygen atoms in total. The van der Waals surface area contributed by atoms with Gasteiger partial charge in [0.2, 0.25) is 0 Å². The van der Waals surface area contributed by atoms with Gasteiger partial charge in [-0.1, -0.05) is 0 Å². The molecule has 1 aliphatic rings. The van der Waals surface area contributed by atoms with Gasteiger partial charge in [0.15, 0.2) is 9.84 Å². The van der Waals surface area contributed by atoms with Gasteiger partial charge in [-0.2, -0.15) is 0 Å². The molecule has 1 rings (SSSR count). The summed E-state index contributed by atoms with van der Waals surface area (Å²) in [5.74, 6) is 0. The first kappa shape index (κ1) is 10.8. The van der Waals surface area contributed by atoms with Crippen LogP contribution < -0.4 is 0 Å². The molecule has 1 heterocycles. The van der Waals surface area contributed by atoms with Crippen LogP contribution in [0.4, 0.5) is 4.79 Å². The SMILES string of the molecule is CC1CN(C(=O)Cl)CC(C)S1(=O)=O. The first-order valence-corrected chi connectivity index (χ1v) is 6.01. The van der Waals surface area contributed by atoms with Crippen molar-refractivity contribution in [1.29, 1.82) is 0 Å². The Kier molecular flexibility index (Phi) is 2.87. The largest absolute Gasteiger partial charge is 0.327 e. The highest BCUT2D eigenvalue weighted by molar-refractivity contribution is 7.92. The fourth-order valence-electron chi connectivity index (χ4n) is 1.44. The maximum Gasteiger partial charge on any atom is 0.316 e. The summed E-state index contributed by atoms with van der Waals surface area (Å²) in [6, 6.07) is 0. The van der Waals surface area contributed by atoms with Crippen molar-refractivity contribution in [2.24, 2.45) is 0 Å². The average molecular weight is 226 g/mol. The van der Waals surface area contributed by atoms with Crippen LogP contribution in [0, 0.1) is 0 Å². The molecule has 0 aromatic rings. The van der Waals surface area contributed by atoms with Gasteiger partial charge in [-0.3, -0.25) is 4.79 Å². The van der Waals surface area contributed by atoms with Gasteiger partial charge in [0, 0.05) is 13.1 Å². The molecule has 0 spiro atoms. The third kappa shape index (κ3) is 1.96. The van der Waals surface area contributed by atoms with E-state index >= 15 is 0 Å². The molecule has 2 unspecified atom stereocenters. The van der Waals surface area contributed by atoms with Crippen LogP contribution in [0.1, 0.15) is 13.8 Å². The summed E-state index contributed by atoms with van der Waals surface area (Å²) in [5, 5.41) is -1.61. The first-order chi connectivity index (χ1) is 5.85. The second-order valence-corrected chi connectivity index (χ2v) is 6.48. The Morgan fingerprint density at radius 1 is 1.31 bits per heavy atom. The monoisotopic (exact) mass is 225 g/mol. The van der Waals surface area contributed by atoms with Gasteiger partial charge >= 0.3 is 5.37 Å². The highest BCUT2D eigenvalue weighted by Gasteiger charge is 2.36. The molecule has 0 aliphatic carbocycles. The summed E-state index contributed by atoms with van der Waals surface area (Å²) in [6.45, 7) is 3.60. The third-order valence-electron chi connectivity index (χ3n) is 2.33. The quantitative estimate of drug-likeness (QED) is 0.454. The summed E-state index contributed by atoms with van der Waals surface area (Å²) in [7, 11) is -3.06. The summed E-state index contributed by atoms with van der Waals surface area (Å²) in [5.41, 5.74) is 0. The molecule has 0 radical (unpaired) electrons. The molecule has 0 saturated carbocycles. The number of rotatable bonds is 0. The molecule has 13 heavy (non-hydrogen) atoms. The second kappa shape index (κ2) is 3.46. The van der Waals surface area contributed by atoms with Crippen molar-refractivity contribution in [2.75, 3.05) is 13.1 Å². The van der Waals surface area contributed by atoms with Gasteiger partial charge in [-0.15, -0.1) is 0 Å². The molecule has 1 fully saturated rings. The maximum atomic E-state index is 11.5. The first-order valence-electron chi connectivity index (χ1n) is 4.03. The fraction of sp³-hybridized carbons (Fsp3) is 0.857. The van der Waals surface area contributed by atoms with Crippen molar-refractivity contribution in [3.8, 4) is 0 Å². The molecule has 0 bridgehead atoms. The van der Waals surface area contributed by atoms with Gasteiger partial charge in [-0.05, 0) is 25.4 Å². The lowest BCUT2D eigenvalue weighted by Gasteiger charge is -2.33. The summed E-state index contributed by atoms with van der Waals surface area (Å²) in [4.78, 5) is 12.2. The Labute approximate surface area is 82.8 Å². The molecular weight excluding hydrogens is 214 g/mol. The standard InChI is InChI=1S/C7H12ClNO3S/c1-5-3-9(7(8)10)4-6(2)13(5,11)12/h5-6H,3-4H2,1-2H3. The van der Waals surface area contributed by atoms with Gasteiger partial charge in [0.25, 0.3) is 0 Å². The number of nitrogens with zero attached hydrogens (tertiary/aromatic N) is 1. The Morgan fingerprint density at radius 2 is 1.69 bits per heavy atom. The van der Waals surface area contributed by atoms with Crippen molar-refractivity contribution in [1.82, 2.24) is 4.90 Å². The Bertz CT molecular complexity index is 296. The van der Waals surface area contributed by atoms with Crippen molar-refractivity contribution >= 4 is 26.8 Å². The van der Waals surface area contributed by atoms with E-state index in [4.69, 9.17) is 11.6 Å². The topological polar surface area (TPSA) is 54.5 Å². The minimum atomic E-state index is -3.06. The van der Waals surface area contributed by atoms with E-state index in [-0.39, 0.29) is 13.1 Å². The van der Waals surface area contributed by atoms with Crippen LogP contribution >= 0.6 is 11.6 Å². The van der Waals surface area contributed by atoms with Crippen molar-refractivity contribution < 1.29 is 13.2 Å². The normalized spacial score (nSPS) is 33.0. The summed E-state index contributed by atoms with van der Waals surface area (Å²) < 4.78 is 23.0. The van der Waals surface area contributed by atoms with Crippen molar-refractivity contribution in [2.45, 2.75) is 24.3 Å². The number of hydrogen-bond donors (Lipinski definition) is 0. The number of hydrogen-bond acceptors (Lipinski definition) is 3. The van der Waals surface area contributed by atoms with Crippen LogP contribution in [-0.2, 0) is 9.84 Å². The molecule has 76 valence electrons. The lowest BCUT2D eigenvalue weighted by molar-refractivity contribution is 0.219. The van der Waals surface area contributed by atoms with E-state index in [2.05, 4.69) is 0 Å². The van der Waals surface area contributed by atoms with E-state index in [0.717, 1.165) is 0 Å². The second-order valence-electron chi connectivity index (χ2n) is 3.37. The summed E-state index contributed by atoms with van der Waals surface area (Å²) in [6.07, 6.45) is 0. The average Bonchev–Trinajstić information content (AvgIpc) is 2.00. The van der Waals surface area contributed by atoms with Gasteiger partial charge in [-0.25, -0.2) is 8.42 Å². The van der Waals surface area contributed by atoms with E-state index in [1.165, 1.54) is 4.90 Å². The zero-order valence-corrected chi connectivity index (χ0v) is 9.10. The molecule has 2 atom stereocenters.